The van der Waals surface area contributed by atoms with E-state index in [2.05, 4.69) is 47.2 Å². The number of carbonyl (C=O) groups is 1. The average Bonchev–Trinajstić information content (AvgIpc) is 3.03. The van der Waals surface area contributed by atoms with Gasteiger partial charge in [0, 0.05) is 42.9 Å². The molecule has 3 rings (SSSR count). The molecule has 0 spiro atoms. The quantitative estimate of drug-likeness (QED) is 0.819. The van der Waals surface area contributed by atoms with Crippen LogP contribution in [0.4, 0.5) is 5.69 Å². The Labute approximate surface area is 164 Å². The molecule has 138 valence electrons. The molecule has 7 heteroatoms. The van der Waals surface area contributed by atoms with Gasteiger partial charge in [0.05, 0.1) is 6.42 Å². The van der Waals surface area contributed by atoms with Crippen LogP contribution in [0.25, 0.3) is 0 Å². The number of hydrogen-bond donors (Lipinski definition) is 1. The molecule has 1 saturated heterocycles. The number of benzene rings is 1. The second kappa shape index (κ2) is 8.14. The van der Waals surface area contributed by atoms with E-state index in [0.29, 0.717) is 19.5 Å². The molecule has 1 aliphatic heterocycles. The van der Waals surface area contributed by atoms with Crippen LogP contribution >= 0.6 is 23.6 Å². The van der Waals surface area contributed by atoms with Gasteiger partial charge in [-0.1, -0.05) is 12.1 Å². The van der Waals surface area contributed by atoms with Gasteiger partial charge in [-0.3, -0.25) is 4.79 Å². The molecular weight excluding hydrogens is 364 g/mol. The zero-order valence-electron chi connectivity index (χ0n) is 15.4. The molecule has 1 aliphatic rings. The summed E-state index contributed by atoms with van der Waals surface area (Å²) in [6.07, 6.45) is 0.393. The van der Waals surface area contributed by atoms with Crippen molar-refractivity contribution in [2.45, 2.75) is 27.2 Å². The Kier molecular flexibility index (Phi) is 5.88. The third kappa shape index (κ3) is 4.59. The molecule has 0 radical (unpaired) electrons. The Morgan fingerprint density at radius 3 is 2.54 bits per heavy atom. The summed E-state index contributed by atoms with van der Waals surface area (Å²) in [5, 5.41) is 6.95. The second-order valence-corrected chi connectivity index (χ2v) is 8.01. The molecule has 0 aliphatic carbocycles. The van der Waals surface area contributed by atoms with Crippen molar-refractivity contribution < 1.29 is 4.79 Å². The fourth-order valence-corrected chi connectivity index (χ4v) is 4.00. The van der Waals surface area contributed by atoms with E-state index in [-0.39, 0.29) is 5.91 Å². The molecule has 5 nitrogen and oxygen atoms in total. The highest BCUT2D eigenvalue weighted by Crippen LogP contribution is 2.18. The SMILES string of the molecule is Cc1ccc(C)c(NC(=S)N2CCN(C(=O)Cc3nc(C)cs3)CC2)c1. The van der Waals surface area contributed by atoms with E-state index in [0.717, 1.165) is 34.6 Å². The molecule has 1 N–H and O–H groups in total. The van der Waals surface area contributed by atoms with E-state index < -0.39 is 0 Å². The predicted octanol–water partition coefficient (Wildman–Crippen LogP) is 3.15. The summed E-state index contributed by atoms with van der Waals surface area (Å²) in [6.45, 7) is 8.98. The number of nitrogens with one attached hydrogen (secondary N) is 1. The number of amides is 1. The van der Waals surface area contributed by atoms with Crippen molar-refractivity contribution in [3.63, 3.8) is 0 Å². The van der Waals surface area contributed by atoms with E-state index in [4.69, 9.17) is 12.2 Å². The maximum Gasteiger partial charge on any atom is 0.229 e. The van der Waals surface area contributed by atoms with E-state index in [1.165, 1.54) is 11.1 Å². The van der Waals surface area contributed by atoms with Crippen molar-refractivity contribution in [2.75, 3.05) is 31.5 Å². The largest absolute Gasteiger partial charge is 0.345 e. The minimum absolute atomic E-state index is 0.146. The first kappa shape index (κ1) is 18.8. The molecule has 1 amide bonds. The summed E-state index contributed by atoms with van der Waals surface area (Å²) >= 11 is 7.13. The zero-order valence-corrected chi connectivity index (χ0v) is 17.0. The molecule has 26 heavy (non-hydrogen) atoms. The lowest BCUT2D eigenvalue weighted by Gasteiger charge is -2.36. The van der Waals surface area contributed by atoms with E-state index in [9.17, 15) is 4.79 Å². The van der Waals surface area contributed by atoms with Gasteiger partial charge < -0.3 is 15.1 Å². The maximum atomic E-state index is 12.5. The van der Waals surface area contributed by atoms with Gasteiger partial charge in [0.2, 0.25) is 5.91 Å². The Bertz CT molecular complexity index is 810. The second-order valence-electron chi connectivity index (χ2n) is 6.68. The number of piperazine rings is 1. The third-order valence-corrected chi connectivity index (χ3v) is 5.85. The Morgan fingerprint density at radius 1 is 1.19 bits per heavy atom. The van der Waals surface area contributed by atoms with Gasteiger partial charge in [0.15, 0.2) is 5.11 Å². The molecule has 1 aromatic carbocycles. The molecule has 0 unspecified atom stereocenters. The topological polar surface area (TPSA) is 48.5 Å². The lowest BCUT2D eigenvalue weighted by Crippen LogP contribution is -2.52. The third-order valence-electron chi connectivity index (χ3n) is 4.52. The van der Waals surface area contributed by atoms with Gasteiger partial charge in [-0.15, -0.1) is 11.3 Å². The lowest BCUT2D eigenvalue weighted by molar-refractivity contribution is -0.131. The van der Waals surface area contributed by atoms with E-state index in [1.54, 1.807) is 11.3 Å². The number of thiocarbonyl (C=S) groups is 1. The first-order valence-electron chi connectivity index (χ1n) is 8.74. The normalized spacial score (nSPS) is 14.4. The highest BCUT2D eigenvalue weighted by atomic mass is 32.1. The van der Waals surface area contributed by atoms with Crippen LogP contribution in [0.1, 0.15) is 21.8 Å². The molecule has 0 bridgehead atoms. The summed E-state index contributed by atoms with van der Waals surface area (Å²) in [7, 11) is 0. The van der Waals surface area contributed by atoms with Crippen LogP contribution < -0.4 is 5.32 Å². The summed E-state index contributed by atoms with van der Waals surface area (Å²) < 4.78 is 0. The first-order chi connectivity index (χ1) is 12.4. The fourth-order valence-electron chi connectivity index (χ4n) is 2.95. The average molecular weight is 389 g/mol. The van der Waals surface area contributed by atoms with Crippen LogP contribution in [0.3, 0.4) is 0 Å². The van der Waals surface area contributed by atoms with Crippen molar-refractivity contribution in [1.82, 2.24) is 14.8 Å². The van der Waals surface area contributed by atoms with Crippen molar-refractivity contribution in [3.8, 4) is 0 Å². The zero-order chi connectivity index (χ0) is 18.7. The summed E-state index contributed by atoms with van der Waals surface area (Å²) in [5.74, 6) is 0.146. The predicted molar refractivity (Wildman–Crippen MR) is 111 cm³/mol. The fraction of sp³-hybridized carbons (Fsp3) is 0.421. The standard InChI is InChI=1S/C19H24N4OS2/c1-13-4-5-14(2)16(10-13)21-19(25)23-8-6-22(7-9-23)18(24)11-17-20-15(3)12-26-17/h4-5,10,12H,6-9,11H2,1-3H3,(H,21,25). The van der Waals surface area contributed by atoms with E-state index in [1.807, 2.05) is 17.2 Å². The van der Waals surface area contributed by atoms with E-state index >= 15 is 0 Å². The van der Waals surface area contributed by atoms with Crippen LogP contribution in [-0.2, 0) is 11.2 Å². The number of aryl methyl sites for hydroxylation is 3. The number of aromatic nitrogens is 1. The summed E-state index contributed by atoms with van der Waals surface area (Å²) in [6, 6.07) is 6.30. The molecule has 1 fully saturated rings. The van der Waals surface area contributed by atoms with Crippen molar-refractivity contribution in [1.29, 1.82) is 0 Å². The van der Waals surface area contributed by atoms with Crippen LogP contribution in [0.5, 0.6) is 0 Å². The number of hydrogen-bond acceptors (Lipinski definition) is 4. The summed E-state index contributed by atoms with van der Waals surface area (Å²) in [5.41, 5.74) is 4.40. The molecule has 1 aromatic heterocycles. The lowest BCUT2D eigenvalue weighted by atomic mass is 10.1. The Balaban J connectivity index is 1.52. The van der Waals surface area contributed by atoms with Gasteiger partial charge in [-0.25, -0.2) is 4.98 Å². The van der Waals surface area contributed by atoms with Crippen LogP contribution in [0, 0.1) is 20.8 Å². The molecule has 2 aromatic rings. The number of nitrogens with zero attached hydrogens (tertiary/aromatic N) is 3. The molecular formula is C19H24N4OS2. The van der Waals surface area contributed by atoms with Gasteiger partial charge in [-0.2, -0.15) is 0 Å². The summed E-state index contributed by atoms with van der Waals surface area (Å²) in [4.78, 5) is 20.9. The van der Waals surface area contributed by atoms with Gasteiger partial charge in [0.1, 0.15) is 5.01 Å². The number of carbonyl (C=O) groups excluding carboxylic acids is 1. The van der Waals surface area contributed by atoms with Gasteiger partial charge in [-0.05, 0) is 50.2 Å². The first-order valence-corrected chi connectivity index (χ1v) is 10.0. The monoisotopic (exact) mass is 388 g/mol. The molecule has 0 saturated carbocycles. The van der Waals surface area contributed by atoms with Crippen molar-refractivity contribution in [2.24, 2.45) is 0 Å². The van der Waals surface area contributed by atoms with Crippen LogP contribution in [-0.4, -0.2) is 52.0 Å². The smallest absolute Gasteiger partial charge is 0.229 e. The minimum atomic E-state index is 0.146. The Hall–Kier alpha value is -1.99. The molecule has 0 atom stereocenters. The number of anilines is 1. The maximum absolute atomic E-state index is 12.5. The highest BCUT2D eigenvalue weighted by molar-refractivity contribution is 7.80. The minimum Gasteiger partial charge on any atom is -0.345 e. The number of rotatable bonds is 3. The highest BCUT2D eigenvalue weighted by Gasteiger charge is 2.23. The van der Waals surface area contributed by atoms with Crippen LogP contribution in [0.15, 0.2) is 23.6 Å². The van der Waals surface area contributed by atoms with Gasteiger partial charge in [0.25, 0.3) is 0 Å². The van der Waals surface area contributed by atoms with Gasteiger partial charge >= 0.3 is 0 Å². The van der Waals surface area contributed by atoms with Crippen molar-refractivity contribution in [3.05, 3.63) is 45.4 Å². The van der Waals surface area contributed by atoms with Crippen LogP contribution in [0.2, 0.25) is 0 Å². The Morgan fingerprint density at radius 2 is 1.88 bits per heavy atom. The van der Waals surface area contributed by atoms with Crippen molar-refractivity contribution >= 4 is 40.3 Å². The molecule has 2 heterocycles. The number of thiazole rings is 1.